The van der Waals surface area contributed by atoms with Crippen molar-refractivity contribution in [2.24, 2.45) is 7.05 Å². The molecule has 0 atom stereocenters. The number of aryl methyl sites for hydroxylation is 2. The quantitative estimate of drug-likeness (QED) is 0.225. The Kier molecular flexibility index (Phi) is 6.87. The van der Waals surface area contributed by atoms with Gasteiger partial charge in [-0.1, -0.05) is 11.8 Å². The predicted octanol–water partition coefficient (Wildman–Crippen LogP) is 6.60. The van der Waals surface area contributed by atoms with Gasteiger partial charge in [0.15, 0.2) is 5.82 Å². The lowest BCUT2D eigenvalue weighted by molar-refractivity contribution is -0.144. The number of carbonyl (C=O) groups excluding carboxylic acids is 1. The third-order valence-electron chi connectivity index (χ3n) is 8.27. The highest BCUT2D eigenvalue weighted by Gasteiger charge is 2.47. The average molecular weight is 577 g/mol. The maximum atomic E-state index is 12.8. The van der Waals surface area contributed by atoms with Crippen molar-refractivity contribution in [1.82, 2.24) is 34.8 Å². The first-order valence-corrected chi connectivity index (χ1v) is 14.4. The standard InChI is InChI=1S/C33H36N8O2/c1-8-29(42)41-32(3,4)17-21(18-33(41,5)6)24-11-12-25-30(37-24)31(35-19-34-25)36-22-9-14-28(20(2)15-22)43-23-10-13-27-26(16-23)38-39-40(27)7/h8-16,19,21H,1,17-18H2,2-7H3,(H,34,35,36). The second-order valence-corrected chi connectivity index (χ2v) is 12.5. The molecule has 1 aliphatic heterocycles. The van der Waals surface area contributed by atoms with Gasteiger partial charge >= 0.3 is 0 Å². The summed E-state index contributed by atoms with van der Waals surface area (Å²) >= 11 is 0. The minimum Gasteiger partial charge on any atom is -0.457 e. The first-order chi connectivity index (χ1) is 20.4. The van der Waals surface area contributed by atoms with E-state index in [-0.39, 0.29) is 22.9 Å². The van der Waals surface area contributed by atoms with Crippen LogP contribution in [0.2, 0.25) is 0 Å². The molecule has 43 heavy (non-hydrogen) atoms. The Balaban J connectivity index is 1.25. The number of carbonyl (C=O) groups is 1. The van der Waals surface area contributed by atoms with E-state index in [0.717, 1.165) is 52.1 Å². The van der Waals surface area contributed by atoms with Gasteiger partial charge in [0.25, 0.3) is 0 Å². The van der Waals surface area contributed by atoms with Crippen LogP contribution in [-0.2, 0) is 11.8 Å². The summed E-state index contributed by atoms with van der Waals surface area (Å²) in [6, 6.07) is 15.7. The van der Waals surface area contributed by atoms with Gasteiger partial charge < -0.3 is 15.0 Å². The Bertz CT molecular complexity index is 1860. The SMILES string of the molecule is C=CC(=O)N1C(C)(C)CC(c2ccc3ncnc(Nc4ccc(Oc5ccc6c(c5)nnn6C)c(C)c4)c3n2)CC1(C)C. The molecule has 1 fully saturated rings. The van der Waals surface area contributed by atoms with Gasteiger partial charge in [-0.15, -0.1) is 5.10 Å². The molecule has 2 aromatic carbocycles. The number of anilines is 2. The van der Waals surface area contributed by atoms with Crippen molar-refractivity contribution in [3.8, 4) is 11.5 Å². The number of nitrogens with one attached hydrogen (secondary N) is 1. The highest BCUT2D eigenvalue weighted by Crippen LogP contribution is 2.45. The molecule has 0 bridgehead atoms. The van der Waals surface area contributed by atoms with Crippen LogP contribution in [0.15, 0.2) is 67.5 Å². The van der Waals surface area contributed by atoms with Gasteiger partial charge in [-0.05, 0) is 102 Å². The molecule has 220 valence electrons. The molecule has 1 saturated heterocycles. The molecule has 0 spiro atoms. The number of nitrogens with zero attached hydrogens (tertiary/aromatic N) is 7. The largest absolute Gasteiger partial charge is 0.457 e. The molecule has 4 heterocycles. The monoisotopic (exact) mass is 576 g/mol. The summed E-state index contributed by atoms with van der Waals surface area (Å²) in [5.41, 5.74) is 5.26. The Morgan fingerprint density at radius 2 is 1.79 bits per heavy atom. The Hall–Kier alpha value is -4.86. The van der Waals surface area contributed by atoms with Crippen molar-refractivity contribution < 1.29 is 9.53 Å². The number of aromatic nitrogens is 6. The van der Waals surface area contributed by atoms with E-state index in [1.165, 1.54) is 6.08 Å². The van der Waals surface area contributed by atoms with Crippen molar-refractivity contribution in [2.75, 3.05) is 5.32 Å². The normalized spacial score (nSPS) is 16.4. The molecule has 3 aromatic heterocycles. The molecule has 6 rings (SSSR count). The molecule has 10 heteroatoms. The fourth-order valence-electron chi connectivity index (χ4n) is 6.64. The zero-order valence-electron chi connectivity index (χ0n) is 25.4. The average Bonchev–Trinajstić information content (AvgIpc) is 3.32. The van der Waals surface area contributed by atoms with E-state index in [0.29, 0.717) is 17.1 Å². The van der Waals surface area contributed by atoms with Crippen molar-refractivity contribution in [1.29, 1.82) is 0 Å². The molecule has 1 N–H and O–H groups in total. The van der Waals surface area contributed by atoms with Crippen LogP contribution in [-0.4, -0.2) is 51.8 Å². The van der Waals surface area contributed by atoms with Crippen molar-refractivity contribution in [2.45, 2.75) is 64.5 Å². The second-order valence-electron chi connectivity index (χ2n) is 12.5. The maximum absolute atomic E-state index is 12.8. The lowest BCUT2D eigenvalue weighted by Gasteiger charge is -2.55. The van der Waals surface area contributed by atoms with Gasteiger partial charge in [0, 0.05) is 41.5 Å². The molecule has 0 radical (unpaired) electrons. The Morgan fingerprint density at radius 1 is 1.02 bits per heavy atom. The molecule has 0 unspecified atom stereocenters. The zero-order chi connectivity index (χ0) is 30.5. The third-order valence-corrected chi connectivity index (χ3v) is 8.27. The van der Waals surface area contributed by atoms with Crippen LogP contribution in [0, 0.1) is 6.92 Å². The lowest BCUT2D eigenvalue weighted by atomic mass is 9.72. The van der Waals surface area contributed by atoms with Crippen LogP contribution >= 0.6 is 0 Å². The smallest absolute Gasteiger partial charge is 0.246 e. The molecule has 10 nitrogen and oxygen atoms in total. The van der Waals surface area contributed by atoms with Crippen LogP contribution in [0.4, 0.5) is 11.5 Å². The van der Waals surface area contributed by atoms with Crippen LogP contribution in [0.1, 0.15) is 57.7 Å². The number of hydrogen-bond acceptors (Lipinski definition) is 8. The number of rotatable bonds is 6. The van der Waals surface area contributed by atoms with Gasteiger partial charge in [-0.3, -0.25) is 4.79 Å². The van der Waals surface area contributed by atoms with E-state index in [1.54, 1.807) is 11.0 Å². The number of fused-ring (bicyclic) bond motifs is 2. The molecular weight excluding hydrogens is 540 g/mol. The van der Waals surface area contributed by atoms with E-state index >= 15 is 0 Å². The fourth-order valence-corrected chi connectivity index (χ4v) is 6.64. The van der Waals surface area contributed by atoms with E-state index < -0.39 is 0 Å². The molecule has 1 amide bonds. The van der Waals surface area contributed by atoms with E-state index in [9.17, 15) is 4.79 Å². The highest BCUT2D eigenvalue weighted by atomic mass is 16.5. The van der Waals surface area contributed by atoms with Gasteiger partial charge in [0.2, 0.25) is 5.91 Å². The van der Waals surface area contributed by atoms with Gasteiger partial charge in [0.1, 0.15) is 28.9 Å². The maximum Gasteiger partial charge on any atom is 0.246 e. The number of ether oxygens (including phenoxy) is 1. The second kappa shape index (κ2) is 10.4. The number of benzene rings is 2. The summed E-state index contributed by atoms with van der Waals surface area (Å²) in [7, 11) is 1.86. The van der Waals surface area contributed by atoms with Gasteiger partial charge in [-0.2, -0.15) is 0 Å². The number of pyridine rings is 1. The van der Waals surface area contributed by atoms with Gasteiger partial charge in [-0.25, -0.2) is 19.6 Å². The van der Waals surface area contributed by atoms with E-state index in [4.69, 9.17) is 9.72 Å². The van der Waals surface area contributed by atoms with E-state index in [1.807, 2.05) is 61.3 Å². The van der Waals surface area contributed by atoms with E-state index in [2.05, 4.69) is 65.9 Å². The number of amides is 1. The summed E-state index contributed by atoms with van der Waals surface area (Å²) in [6.07, 6.45) is 4.53. The summed E-state index contributed by atoms with van der Waals surface area (Å²) in [4.78, 5) is 28.8. The Labute approximate surface area is 250 Å². The first-order valence-electron chi connectivity index (χ1n) is 14.4. The molecule has 0 saturated carbocycles. The fraction of sp³-hybridized carbons (Fsp3) is 0.333. The van der Waals surface area contributed by atoms with Crippen LogP contribution < -0.4 is 10.1 Å². The highest BCUT2D eigenvalue weighted by molar-refractivity contribution is 5.89. The summed E-state index contributed by atoms with van der Waals surface area (Å²) < 4.78 is 7.91. The number of piperidine rings is 1. The molecular formula is C33H36N8O2. The van der Waals surface area contributed by atoms with Gasteiger partial charge in [0.05, 0.1) is 11.0 Å². The lowest BCUT2D eigenvalue weighted by Crippen LogP contribution is -2.62. The molecule has 0 aliphatic carbocycles. The molecule has 5 aromatic rings. The third kappa shape index (κ3) is 5.29. The van der Waals surface area contributed by atoms with Crippen molar-refractivity contribution >= 4 is 39.5 Å². The number of likely N-dealkylation sites (tertiary alicyclic amines) is 1. The van der Waals surface area contributed by atoms with Crippen LogP contribution in [0.5, 0.6) is 11.5 Å². The minimum absolute atomic E-state index is 0.0434. The topological polar surface area (TPSA) is 111 Å². The number of hydrogen-bond donors (Lipinski definition) is 1. The zero-order valence-corrected chi connectivity index (χ0v) is 25.4. The first kappa shape index (κ1) is 28.3. The van der Waals surface area contributed by atoms with Crippen LogP contribution in [0.25, 0.3) is 22.1 Å². The summed E-state index contributed by atoms with van der Waals surface area (Å²) in [5.74, 6) is 2.19. The molecule has 1 aliphatic rings. The van der Waals surface area contributed by atoms with Crippen molar-refractivity contribution in [3.63, 3.8) is 0 Å². The Morgan fingerprint density at radius 3 is 2.51 bits per heavy atom. The predicted molar refractivity (Wildman–Crippen MR) is 168 cm³/mol. The summed E-state index contributed by atoms with van der Waals surface area (Å²) in [6.45, 7) is 14.2. The van der Waals surface area contributed by atoms with Crippen LogP contribution in [0.3, 0.4) is 0 Å². The summed E-state index contributed by atoms with van der Waals surface area (Å²) in [5, 5.41) is 11.7. The van der Waals surface area contributed by atoms with Crippen molar-refractivity contribution in [3.05, 3.63) is 78.8 Å². The minimum atomic E-state index is -0.357.